The van der Waals surface area contributed by atoms with Crippen molar-refractivity contribution in [1.82, 2.24) is 15.1 Å². The van der Waals surface area contributed by atoms with Gasteiger partial charge in [0.05, 0.1) is 17.8 Å². The molecule has 0 spiro atoms. The highest BCUT2D eigenvalue weighted by atomic mass is 32.2. The van der Waals surface area contributed by atoms with Crippen LogP contribution < -0.4 is 5.32 Å². The van der Waals surface area contributed by atoms with Gasteiger partial charge in [-0.05, 0) is 24.0 Å². The Morgan fingerprint density at radius 1 is 0.933 bits per heavy atom. The second kappa shape index (κ2) is 9.46. The number of hydrogen-bond donors (Lipinski definition) is 1. The molecule has 0 aliphatic rings. The van der Waals surface area contributed by atoms with Gasteiger partial charge in [-0.15, -0.1) is 11.8 Å². The van der Waals surface area contributed by atoms with E-state index in [1.54, 1.807) is 11.8 Å². The molecule has 4 nitrogen and oxygen atoms in total. The molecule has 0 aliphatic carbocycles. The third-order valence-electron chi connectivity index (χ3n) is 4.86. The molecule has 0 aliphatic heterocycles. The number of benzene rings is 3. The Hall–Kier alpha value is -3.31. The molecular formula is C25H23N3OS. The summed E-state index contributed by atoms with van der Waals surface area (Å²) in [6.45, 7) is 1.10. The molecule has 1 aromatic heterocycles. The predicted octanol–water partition coefficient (Wildman–Crippen LogP) is 5.25. The zero-order valence-corrected chi connectivity index (χ0v) is 17.6. The fourth-order valence-corrected chi connectivity index (χ4v) is 3.98. The van der Waals surface area contributed by atoms with Crippen LogP contribution in [0.15, 0.2) is 96.0 Å². The first-order chi connectivity index (χ1) is 14.7. The lowest BCUT2D eigenvalue weighted by atomic mass is 10.1. The number of carbonyl (C=O) groups is 1. The zero-order chi connectivity index (χ0) is 20.8. The number of rotatable bonds is 7. The van der Waals surface area contributed by atoms with E-state index in [0.717, 1.165) is 21.7 Å². The van der Waals surface area contributed by atoms with Crippen LogP contribution in [0.4, 0.5) is 0 Å². The molecule has 0 unspecified atom stereocenters. The van der Waals surface area contributed by atoms with Gasteiger partial charge in [-0.1, -0.05) is 72.8 Å². The van der Waals surface area contributed by atoms with Crippen LogP contribution in [0.25, 0.3) is 11.3 Å². The zero-order valence-electron chi connectivity index (χ0n) is 16.8. The molecule has 5 heteroatoms. The Bertz CT molecular complexity index is 1120. The van der Waals surface area contributed by atoms with Crippen molar-refractivity contribution in [2.24, 2.45) is 0 Å². The Labute approximate surface area is 181 Å². The van der Waals surface area contributed by atoms with Gasteiger partial charge in [0.15, 0.2) is 0 Å². The van der Waals surface area contributed by atoms with E-state index in [1.807, 2.05) is 89.9 Å². The molecule has 0 saturated heterocycles. The average molecular weight is 414 g/mol. The van der Waals surface area contributed by atoms with E-state index < -0.39 is 0 Å². The molecule has 4 aromatic rings. The van der Waals surface area contributed by atoms with Crippen LogP contribution in [0, 0.1) is 0 Å². The Balaban J connectivity index is 1.58. The van der Waals surface area contributed by atoms with Crippen LogP contribution in [-0.4, -0.2) is 21.9 Å². The summed E-state index contributed by atoms with van der Waals surface area (Å²) in [6, 6.07) is 28.0. The maximum atomic E-state index is 12.8. The van der Waals surface area contributed by atoms with Crippen molar-refractivity contribution in [1.29, 1.82) is 0 Å². The minimum absolute atomic E-state index is 0.0743. The third kappa shape index (κ3) is 4.63. The molecular weight excluding hydrogens is 390 g/mol. The first-order valence-electron chi connectivity index (χ1n) is 9.81. The van der Waals surface area contributed by atoms with Crippen molar-refractivity contribution in [2.75, 3.05) is 6.26 Å². The fourth-order valence-electron chi connectivity index (χ4n) is 3.39. The standard InChI is InChI=1S/C25H23N3OS/c1-30-23-15-9-8-14-22(23)25(29)26-16-21-18-28(17-19-10-4-2-5-11-19)27-24(21)20-12-6-3-7-13-20/h2-15,18H,16-17H2,1H3,(H,26,29). The first kappa shape index (κ1) is 20.0. The third-order valence-corrected chi connectivity index (χ3v) is 5.66. The van der Waals surface area contributed by atoms with E-state index in [1.165, 1.54) is 5.56 Å². The van der Waals surface area contributed by atoms with Gasteiger partial charge in [0, 0.05) is 28.8 Å². The van der Waals surface area contributed by atoms with Crippen molar-refractivity contribution < 1.29 is 4.79 Å². The number of hydrogen-bond acceptors (Lipinski definition) is 3. The number of thioether (sulfide) groups is 1. The van der Waals surface area contributed by atoms with Crippen LogP contribution in [0.2, 0.25) is 0 Å². The van der Waals surface area contributed by atoms with E-state index in [-0.39, 0.29) is 5.91 Å². The van der Waals surface area contributed by atoms with Gasteiger partial charge in [0.2, 0.25) is 0 Å². The summed E-state index contributed by atoms with van der Waals surface area (Å²) in [7, 11) is 0. The van der Waals surface area contributed by atoms with Gasteiger partial charge in [-0.2, -0.15) is 5.10 Å². The van der Waals surface area contributed by atoms with Crippen LogP contribution in [-0.2, 0) is 13.1 Å². The Morgan fingerprint density at radius 3 is 2.33 bits per heavy atom. The van der Waals surface area contributed by atoms with Gasteiger partial charge in [-0.3, -0.25) is 9.48 Å². The second-order valence-corrected chi connectivity index (χ2v) is 7.78. The van der Waals surface area contributed by atoms with Crippen molar-refractivity contribution in [3.63, 3.8) is 0 Å². The van der Waals surface area contributed by atoms with Crippen molar-refractivity contribution in [3.8, 4) is 11.3 Å². The highest BCUT2D eigenvalue weighted by Crippen LogP contribution is 2.23. The highest BCUT2D eigenvalue weighted by molar-refractivity contribution is 7.98. The molecule has 1 heterocycles. The molecule has 0 bridgehead atoms. The molecule has 0 radical (unpaired) electrons. The van der Waals surface area contributed by atoms with E-state index >= 15 is 0 Å². The summed E-state index contributed by atoms with van der Waals surface area (Å²) < 4.78 is 1.94. The maximum Gasteiger partial charge on any atom is 0.252 e. The van der Waals surface area contributed by atoms with Crippen molar-refractivity contribution >= 4 is 17.7 Å². The van der Waals surface area contributed by atoms with Gasteiger partial charge >= 0.3 is 0 Å². The Kier molecular flexibility index (Phi) is 6.30. The number of nitrogens with one attached hydrogen (secondary N) is 1. The number of nitrogens with zero attached hydrogens (tertiary/aromatic N) is 2. The average Bonchev–Trinajstić information content (AvgIpc) is 3.21. The maximum absolute atomic E-state index is 12.8. The fraction of sp³-hybridized carbons (Fsp3) is 0.120. The Morgan fingerprint density at radius 2 is 1.60 bits per heavy atom. The van der Waals surface area contributed by atoms with Gasteiger partial charge < -0.3 is 5.32 Å². The van der Waals surface area contributed by atoms with E-state index in [2.05, 4.69) is 17.4 Å². The monoisotopic (exact) mass is 413 g/mol. The number of amides is 1. The first-order valence-corrected chi connectivity index (χ1v) is 11.0. The van der Waals surface area contributed by atoms with Crippen molar-refractivity contribution in [3.05, 3.63) is 108 Å². The van der Waals surface area contributed by atoms with Crippen molar-refractivity contribution in [2.45, 2.75) is 18.0 Å². The lowest BCUT2D eigenvalue weighted by molar-refractivity contribution is 0.0948. The van der Waals surface area contributed by atoms with Crippen LogP contribution in [0.3, 0.4) is 0 Å². The minimum atomic E-state index is -0.0743. The summed E-state index contributed by atoms with van der Waals surface area (Å²) in [5.74, 6) is -0.0743. The molecule has 150 valence electrons. The summed E-state index contributed by atoms with van der Waals surface area (Å²) in [5.41, 5.74) is 4.81. The summed E-state index contributed by atoms with van der Waals surface area (Å²) in [5, 5.41) is 7.89. The van der Waals surface area contributed by atoms with Gasteiger partial charge in [-0.25, -0.2) is 0 Å². The molecule has 4 rings (SSSR count). The molecule has 1 N–H and O–H groups in total. The topological polar surface area (TPSA) is 46.9 Å². The quantitative estimate of drug-likeness (QED) is 0.421. The summed E-state index contributed by atoms with van der Waals surface area (Å²) in [4.78, 5) is 13.8. The van der Waals surface area contributed by atoms with Crippen LogP contribution >= 0.6 is 11.8 Å². The van der Waals surface area contributed by atoms with Crippen LogP contribution in [0.5, 0.6) is 0 Å². The van der Waals surface area contributed by atoms with E-state index in [0.29, 0.717) is 18.7 Å². The minimum Gasteiger partial charge on any atom is -0.348 e. The normalized spacial score (nSPS) is 10.7. The largest absolute Gasteiger partial charge is 0.348 e. The van der Waals surface area contributed by atoms with E-state index in [4.69, 9.17) is 5.10 Å². The SMILES string of the molecule is CSc1ccccc1C(=O)NCc1cn(Cc2ccccc2)nc1-c1ccccc1. The number of carbonyl (C=O) groups excluding carboxylic acids is 1. The van der Waals surface area contributed by atoms with Gasteiger partial charge in [0.1, 0.15) is 0 Å². The second-order valence-electron chi connectivity index (χ2n) is 6.94. The molecule has 1 amide bonds. The lowest BCUT2D eigenvalue weighted by Crippen LogP contribution is -2.23. The van der Waals surface area contributed by atoms with E-state index in [9.17, 15) is 4.79 Å². The summed E-state index contributed by atoms with van der Waals surface area (Å²) >= 11 is 1.57. The lowest BCUT2D eigenvalue weighted by Gasteiger charge is -2.08. The molecule has 0 saturated carbocycles. The molecule has 0 fully saturated rings. The van der Waals surface area contributed by atoms with Gasteiger partial charge in [0.25, 0.3) is 5.91 Å². The highest BCUT2D eigenvalue weighted by Gasteiger charge is 2.15. The molecule has 30 heavy (non-hydrogen) atoms. The molecule has 3 aromatic carbocycles. The molecule has 0 atom stereocenters. The predicted molar refractivity (Wildman–Crippen MR) is 123 cm³/mol. The van der Waals surface area contributed by atoms with Crippen LogP contribution in [0.1, 0.15) is 21.5 Å². The summed E-state index contributed by atoms with van der Waals surface area (Å²) in [6.07, 6.45) is 4.00. The number of aromatic nitrogens is 2. The smallest absolute Gasteiger partial charge is 0.252 e.